The molecule has 3 N–H and O–H groups in total. The predicted molar refractivity (Wildman–Crippen MR) is 81.6 cm³/mol. The molecule has 20 heavy (non-hydrogen) atoms. The standard InChI is InChI=1S/C12H20N2O4S2/c1-18-12-4-2-11(3-5-12)10-14-7-6-13-8-9-19-20(15,16)17/h2-5,13-14H,6-10H2,1H3,(H,15,16,17). The van der Waals surface area contributed by atoms with Gasteiger partial charge in [-0.25, -0.2) is 0 Å². The first-order chi connectivity index (χ1) is 9.51. The maximum Gasteiger partial charge on any atom is 0.319 e. The maximum atomic E-state index is 10.4. The maximum absolute atomic E-state index is 10.4. The van der Waals surface area contributed by atoms with Crippen LogP contribution in [0.4, 0.5) is 0 Å². The van der Waals surface area contributed by atoms with E-state index in [2.05, 4.69) is 10.6 Å². The Bertz CT molecular complexity index is 477. The summed E-state index contributed by atoms with van der Waals surface area (Å²) >= 11 is 0. The van der Waals surface area contributed by atoms with Gasteiger partial charge < -0.3 is 15.4 Å². The average Bonchev–Trinajstić information content (AvgIpc) is 2.41. The predicted octanol–water partition coefficient (Wildman–Crippen LogP) is 0.910. The molecule has 0 saturated carbocycles. The van der Waals surface area contributed by atoms with Gasteiger partial charge in [0.15, 0.2) is 0 Å². The number of hydrogen-bond donors (Lipinski definition) is 3. The molecular weight excluding hydrogens is 300 g/mol. The van der Waals surface area contributed by atoms with Gasteiger partial charge in [0.1, 0.15) is 5.75 Å². The number of rotatable bonds is 10. The van der Waals surface area contributed by atoms with Crippen molar-refractivity contribution in [3.8, 4) is 5.75 Å². The van der Waals surface area contributed by atoms with E-state index in [1.54, 1.807) is 7.11 Å². The van der Waals surface area contributed by atoms with Gasteiger partial charge in [-0.2, -0.15) is 8.42 Å². The van der Waals surface area contributed by atoms with E-state index in [9.17, 15) is 8.42 Å². The highest BCUT2D eigenvalue weighted by molar-refractivity contribution is 8.69. The first-order valence-corrected chi connectivity index (χ1v) is 9.12. The fourth-order valence-corrected chi connectivity index (χ4v) is 2.82. The van der Waals surface area contributed by atoms with Gasteiger partial charge in [-0.15, -0.1) is 0 Å². The smallest absolute Gasteiger partial charge is 0.319 e. The Labute approximate surface area is 123 Å². The Hall–Kier alpha value is -0.800. The quantitative estimate of drug-likeness (QED) is 0.335. The van der Waals surface area contributed by atoms with Crippen molar-refractivity contribution in [2.24, 2.45) is 0 Å². The van der Waals surface area contributed by atoms with E-state index >= 15 is 0 Å². The molecule has 0 saturated heterocycles. The molecule has 0 aliphatic rings. The zero-order chi connectivity index (χ0) is 14.8. The molecule has 0 unspecified atom stereocenters. The van der Waals surface area contributed by atoms with Gasteiger partial charge >= 0.3 is 9.15 Å². The number of ether oxygens (including phenoxy) is 1. The Morgan fingerprint density at radius 1 is 1.15 bits per heavy atom. The minimum absolute atomic E-state index is 0.331. The summed E-state index contributed by atoms with van der Waals surface area (Å²) in [5.41, 5.74) is 1.17. The van der Waals surface area contributed by atoms with Crippen LogP contribution in [0.2, 0.25) is 0 Å². The van der Waals surface area contributed by atoms with Crippen molar-refractivity contribution < 1.29 is 17.7 Å². The van der Waals surface area contributed by atoms with Crippen LogP contribution in [0, 0.1) is 0 Å². The summed E-state index contributed by atoms with van der Waals surface area (Å²) in [6.45, 7) is 2.82. The Kier molecular flexibility index (Phi) is 7.93. The number of nitrogens with one attached hydrogen (secondary N) is 2. The Morgan fingerprint density at radius 2 is 1.80 bits per heavy atom. The highest BCUT2D eigenvalue weighted by Gasteiger charge is 2.03. The van der Waals surface area contributed by atoms with Crippen molar-refractivity contribution in [3.05, 3.63) is 29.8 Å². The third kappa shape index (κ3) is 8.39. The van der Waals surface area contributed by atoms with Crippen molar-refractivity contribution in [2.75, 3.05) is 32.5 Å². The van der Waals surface area contributed by atoms with Crippen LogP contribution in [0.3, 0.4) is 0 Å². The zero-order valence-corrected chi connectivity index (χ0v) is 13.0. The Morgan fingerprint density at radius 3 is 2.40 bits per heavy atom. The van der Waals surface area contributed by atoms with E-state index in [0.29, 0.717) is 23.1 Å². The molecular formula is C12H20N2O4S2. The van der Waals surface area contributed by atoms with E-state index in [-0.39, 0.29) is 0 Å². The first kappa shape index (κ1) is 17.3. The van der Waals surface area contributed by atoms with Crippen LogP contribution in [0.15, 0.2) is 24.3 Å². The van der Waals surface area contributed by atoms with E-state index in [1.807, 2.05) is 24.3 Å². The van der Waals surface area contributed by atoms with Crippen LogP contribution in [0.1, 0.15) is 5.56 Å². The fourth-order valence-electron chi connectivity index (χ4n) is 1.50. The summed E-state index contributed by atoms with van der Waals surface area (Å²) in [7, 11) is -1.74. The molecule has 0 fully saturated rings. The highest BCUT2D eigenvalue weighted by Crippen LogP contribution is 2.10. The normalized spacial score (nSPS) is 11.5. The largest absolute Gasteiger partial charge is 0.497 e. The van der Waals surface area contributed by atoms with E-state index < -0.39 is 9.15 Å². The molecule has 0 aliphatic heterocycles. The first-order valence-electron chi connectivity index (χ1n) is 6.17. The van der Waals surface area contributed by atoms with Crippen molar-refractivity contribution >= 4 is 19.9 Å². The number of benzene rings is 1. The second-order valence-corrected chi connectivity index (χ2v) is 7.49. The fraction of sp³-hybridized carbons (Fsp3) is 0.500. The van der Waals surface area contributed by atoms with Crippen molar-refractivity contribution in [2.45, 2.75) is 6.54 Å². The molecule has 1 rings (SSSR count). The summed E-state index contributed by atoms with van der Waals surface area (Å²) in [4.78, 5) is 0. The Balaban J connectivity index is 2.01. The van der Waals surface area contributed by atoms with E-state index in [1.165, 1.54) is 5.56 Å². The molecule has 0 bridgehead atoms. The summed E-state index contributed by atoms with van der Waals surface area (Å²) in [6, 6.07) is 7.84. The number of hydrogen-bond acceptors (Lipinski definition) is 6. The van der Waals surface area contributed by atoms with E-state index in [4.69, 9.17) is 9.29 Å². The summed E-state index contributed by atoms with van der Waals surface area (Å²) < 4.78 is 34.5. The minimum atomic E-state index is -3.91. The third-order valence-electron chi connectivity index (χ3n) is 2.48. The molecule has 114 valence electrons. The van der Waals surface area contributed by atoms with Crippen LogP contribution in [0.25, 0.3) is 0 Å². The molecule has 0 spiro atoms. The SMILES string of the molecule is COc1ccc(CNCCNCCSS(=O)(=O)O)cc1. The molecule has 0 heterocycles. The molecule has 0 aromatic heterocycles. The van der Waals surface area contributed by atoms with Crippen LogP contribution in [-0.4, -0.2) is 45.5 Å². The molecule has 0 aliphatic carbocycles. The summed E-state index contributed by atoms with van der Waals surface area (Å²) in [6.07, 6.45) is 0. The number of methoxy groups -OCH3 is 1. The van der Waals surface area contributed by atoms with E-state index in [0.717, 1.165) is 25.4 Å². The third-order valence-corrected chi connectivity index (χ3v) is 4.54. The van der Waals surface area contributed by atoms with Gasteiger partial charge in [0.05, 0.1) is 7.11 Å². The van der Waals surface area contributed by atoms with Crippen LogP contribution in [-0.2, 0) is 15.7 Å². The lowest BCUT2D eigenvalue weighted by Crippen LogP contribution is -2.28. The molecule has 1 aromatic rings. The molecule has 0 radical (unpaired) electrons. The highest BCUT2D eigenvalue weighted by atomic mass is 33.1. The van der Waals surface area contributed by atoms with Crippen LogP contribution in [0.5, 0.6) is 5.75 Å². The molecule has 1 aromatic carbocycles. The zero-order valence-electron chi connectivity index (χ0n) is 11.3. The van der Waals surface area contributed by atoms with Gasteiger partial charge in [0.2, 0.25) is 0 Å². The molecule has 0 amide bonds. The topological polar surface area (TPSA) is 87.7 Å². The van der Waals surface area contributed by atoms with Crippen molar-refractivity contribution in [1.29, 1.82) is 0 Å². The lowest BCUT2D eigenvalue weighted by Gasteiger charge is -2.07. The minimum Gasteiger partial charge on any atom is -0.497 e. The van der Waals surface area contributed by atoms with Gasteiger partial charge in [0, 0.05) is 31.9 Å². The lowest BCUT2D eigenvalue weighted by atomic mass is 10.2. The second-order valence-electron chi connectivity index (χ2n) is 4.02. The lowest BCUT2D eigenvalue weighted by molar-refractivity contribution is 0.414. The molecule has 0 atom stereocenters. The van der Waals surface area contributed by atoms with Crippen molar-refractivity contribution in [1.82, 2.24) is 10.6 Å². The molecule has 8 heteroatoms. The van der Waals surface area contributed by atoms with Crippen molar-refractivity contribution in [3.63, 3.8) is 0 Å². The van der Waals surface area contributed by atoms with Gasteiger partial charge in [-0.05, 0) is 28.5 Å². The van der Waals surface area contributed by atoms with Gasteiger partial charge in [0.25, 0.3) is 0 Å². The van der Waals surface area contributed by atoms with Crippen LogP contribution < -0.4 is 15.4 Å². The average molecular weight is 320 g/mol. The summed E-state index contributed by atoms with van der Waals surface area (Å²) in [5, 5.41) is 6.35. The molecule has 6 nitrogen and oxygen atoms in total. The van der Waals surface area contributed by atoms with Gasteiger partial charge in [-0.3, -0.25) is 4.55 Å². The van der Waals surface area contributed by atoms with Crippen LogP contribution >= 0.6 is 10.8 Å². The van der Waals surface area contributed by atoms with Gasteiger partial charge in [-0.1, -0.05) is 12.1 Å². The second kappa shape index (κ2) is 9.19. The summed E-state index contributed by atoms with van der Waals surface area (Å²) in [5.74, 6) is 1.17. The monoisotopic (exact) mass is 320 g/mol.